The van der Waals surface area contributed by atoms with Crippen molar-refractivity contribution in [1.29, 1.82) is 0 Å². The molecule has 3 aromatic rings. The largest absolute Gasteiger partial charge is 0.497 e. The van der Waals surface area contributed by atoms with Crippen LogP contribution in [0.3, 0.4) is 0 Å². The molecule has 0 fully saturated rings. The number of ether oxygens (including phenoxy) is 5. The van der Waals surface area contributed by atoms with E-state index in [4.69, 9.17) is 23.7 Å². The lowest BCUT2D eigenvalue weighted by atomic mass is 10.0. The quantitative estimate of drug-likeness (QED) is 0.0821. The van der Waals surface area contributed by atoms with Crippen LogP contribution in [0.5, 0.6) is 5.75 Å². The molecule has 51 heavy (non-hydrogen) atoms. The Morgan fingerprint density at radius 2 is 1.39 bits per heavy atom. The number of methoxy groups -OCH3 is 1. The van der Waals surface area contributed by atoms with E-state index in [1.807, 2.05) is 12.1 Å². The zero-order valence-electron chi connectivity index (χ0n) is 32.0. The van der Waals surface area contributed by atoms with Crippen molar-refractivity contribution in [1.82, 2.24) is 4.90 Å². The number of benzene rings is 3. The summed E-state index contributed by atoms with van der Waals surface area (Å²) in [4.78, 5) is 41.2. The third-order valence-corrected chi connectivity index (χ3v) is 8.77. The average Bonchev–Trinajstić information content (AvgIpc) is 3.08. The summed E-state index contributed by atoms with van der Waals surface area (Å²) in [5.74, 6) is -0.950. The number of hydrogen-bond acceptors (Lipinski definition) is 8. The second-order valence-electron chi connectivity index (χ2n) is 14.2. The van der Waals surface area contributed by atoms with E-state index < -0.39 is 42.3 Å². The molecular formula is C42H59NO8. The summed E-state index contributed by atoms with van der Waals surface area (Å²) >= 11 is 0. The van der Waals surface area contributed by atoms with Crippen LogP contribution in [0.1, 0.15) is 88.5 Å². The molecule has 0 spiro atoms. The number of amides is 1. The smallest absolute Gasteiger partial charge is 0.339 e. The molecule has 1 amide bonds. The lowest BCUT2D eigenvalue weighted by Gasteiger charge is -2.31. The molecule has 0 bridgehead atoms. The molecule has 280 valence electrons. The Hall–Kier alpha value is -3.95. The number of aryl methyl sites for hydroxylation is 4. The van der Waals surface area contributed by atoms with Crippen LogP contribution in [0.2, 0.25) is 0 Å². The van der Waals surface area contributed by atoms with Gasteiger partial charge in [0.05, 0.1) is 13.7 Å². The molecule has 2 atom stereocenters. The summed E-state index contributed by atoms with van der Waals surface area (Å²) in [5.41, 5.74) is 4.28. The minimum absolute atomic E-state index is 0.166. The molecule has 9 nitrogen and oxygen atoms in total. The van der Waals surface area contributed by atoms with Crippen molar-refractivity contribution < 1.29 is 38.1 Å². The number of hydrogen-bond donors (Lipinski definition) is 0. The highest BCUT2D eigenvalue weighted by atomic mass is 16.6. The van der Waals surface area contributed by atoms with Crippen molar-refractivity contribution in [2.45, 2.75) is 111 Å². The lowest BCUT2D eigenvalue weighted by Crippen LogP contribution is -2.51. The Morgan fingerprint density at radius 3 is 2.06 bits per heavy atom. The van der Waals surface area contributed by atoms with Crippen LogP contribution < -0.4 is 4.74 Å². The highest BCUT2D eigenvalue weighted by Gasteiger charge is 2.40. The molecule has 9 heteroatoms. The van der Waals surface area contributed by atoms with Gasteiger partial charge in [-0.25, -0.2) is 9.59 Å². The Bertz CT molecular complexity index is 1560. The summed E-state index contributed by atoms with van der Waals surface area (Å²) in [5, 5.41) is 2.32. The number of carbonyl (C=O) groups excluding carboxylic acids is 3. The number of fused-ring (bicyclic) bond motifs is 1. The summed E-state index contributed by atoms with van der Waals surface area (Å²) in [6, 6.07) is 19.1. The van der Waals surface area contributed by atoms with Gasteiger partial charge < -0.3 is 28.6 Å². The van der Waals surface area contributed by atoms with Gasteiger partial charge in [-0.2, -0.15) is 0 Å². The predicted molar refractivity (Wildman–Crippen MR) is 201 cm³/mol. The van der Waals surface area contributed by atoms with E-state index in [-0.39, 0.29) is 13.2 Å². The molecule has 3 rings (SSSR count). The maximum atomic E-state index is 13.9. The van der Waals surface area contributed by atoms with Gasteiger partial charge in [-0.1, -0.05) is 55.3 Å². The van der Waals surface area contributed by atoms with Crippen molar-refractivity contribution in [2.75, 3.05) is 40.5 Å². The minimum Gasteiger partial charge on any atom is -0.497 e. The van der Waals surface area contributed by atoms with E-state index in [1.54, 1.807) is 46.8 Å². The van der Waals surface area contributed by atoms with Crippen LogP contribution in [-0.4, -0.2) is 81.1 Å². The second-order valence-corrected chi connectivity index (χ2v) is 14.2. The molecule has 0 radical (unpaired) electrons. The van der Waals surface area contributed by atoms with Crippen molar-refractivity contribution in [3.05, 3.63) is 76.9 Å². The Balaban J connectivity index is 1.61. The molecule has 0 N–H and O–H groups in total. The van der Waals surface area contributed by atoms with Crippen molar-refractivity contribution in [3.8, 4) is 5.75 Å². The second kappa shape index (κ2) is 20.8. The first-order valence-corrected chi connectivity index (χ1v) is 18.3. The van der Waals surface area contributed by atoms with E-state index >= 15 is 0 Å². The number of carbonyl (C=O) groups is 3. The number of nitrogens with zero attached hydrogens (tertiary/aromatic N) is 1. The van der Waals surface area contributed by atoms with E-state index in [0.717, 1.165) is 56.1 Å². The predicted octanol–water partition coefficient (Wildman–Crippen LogP) is 7.72. The molecule has 0 aliphatic carbocycles. The summed E-state index contributed by atoms with van der Waals surface area (Å²) in [7, 11) is 3.38. The van der Waals surface area contributed by atoms with Crippen molar-refractivity contribution >= 4 is 28.6 Å². The average molecular weight is 706 g/mol. The summed E-state index contributed by atoms with van der Waals surface area (Å²) in [6.07, 6.45) is 4.36. The van der Waals surface area contributed by atoms with E-state index in [0.29, 0.717) is 13.0 Å². The van der Waals surface area contributed by atoms with Gasteiger partial charge in [0.2, 0.25) is 0 Å². The van der Waals surface area contributed by atoms with Crippen LogP contribution in [0.25, 0.3) is 10.8 Å². The first kappa shape index (κ1) is 41.5. The third kappa shape index (κ3) is 14.3. The fourth-order valence-corrected chi connectivity index (χ4v) is 5.80. The van der Waals surface area contributed by atoms with Gasteiger partial charge in [0.15, 0.2) is 12.2 Å². The Morgan fingerprint density at radius 1 is 0.745 bits per heavy atom. The third-order valence-electron chi connectivity index (χ3n) is 8.77. The zero-order chi connectivity index (χ0) is 37.4. The highest BCUT2D eigenvalue weighted by molar-refractivity contribution is 5.89. The fourth-order valence-electron chi connectivity index (χ4n) is 5.80. The topological polar surface area (TPSA) is 101 Å². The Labute approximate surface area is 304 Å². The first-order valence-electron chi connectivity index (χ1n) is 18.3. The molecule has 0 saturated heterocycles. The molecule has 0 aromatic heterocycles. The van der Waals surface area contributed by atoms with Crippen molar-refractivity contribution in [3.63, 3.8) is 0 Å². The minimum atomic E-state index is -1.44. The summed E-state index contributed by atoms with van der Waals surface area (Å²) < 4.78 is 27.9. The van der Waals surface area contributed by atoms with Crippen LogP contribution in [0.4, 0.5) is 0 Å². The van der Waals surface area contributed by atoms with Crippen LogP contribution in [0, 0.1) is 13.8 Å². The zero-order valence-corrected chi connectivity index (χ0v) is 32.0. The van der Waals surface area contributed by atoms with E-state index in [1.165, 1.54) is 27.6 Å². The number of likely N-dealkylation sites (N-methyl/N-ethyl adjacent to an activating group) is 1. The van der Waals surface area contributed by atoms with Crippen LogP contribution >= 0.6 is 0 Å². The molecule has 0 aliphatic rings. The molecule has 0 unspecified atom stereocenters. The Kier molecular flexibility index (Phi) is 16.9. The number of esters is 2. The van der Waals surface area contributed by atoms with Gasteiger partial charge in [0.1, 0.15) is 18.0 Å². The monoisotopic (exact) mass is 705 g/mol. The van der Waals surface area contributed by atoms with Gasteiger partial charge >= 0.3 is 11.9 Å². The van der Waals surface area contributed by atoms with Crippen LogP contribution in [0.15, 0.2) is 54.6 Å². The number of rotatable bonds is 21. The van der Waals surface area contributed by atoms with E-state index in [9.17, 15) is 14.4 Å². The fraction of sp³-hybridized carbons (Fsp3) is 0.548. The summed E-state index contributed by atoms with van der Waals surface area (Å²) in [6.45, 7) is 11.5. The van der Waals surface area contributed by atoms with Gasteiger partial charge in [0, 0.05) is 20.2 Å². The maximum absolute atomic E-state index is 13.9. The molecular weight excluding hydrogens is 646 g/mol. The SMILES string of the molecule is CCOC(=O)CO[C@@H](C(=O)OC(C)(C)C)[C@@H](OCCCCCc1ccc(C)c(C)c1)C(=O)N(C)CCCCCc1ccc2cc(OC)ccc2c1. The van der Waals surface area contributed by atoms with E-state index in [2.05, 4.69) is 56.3 Å². The number of unbranched alkanes of at least 4 members (excludes halogenated alkanes) is 4. The maximum Gasteiger partial charge on any atom is 0.339 e. The van der Waals surface area contributed by atoms with Gasteiger partial charge in [0.25, 0.3) is 5.91 Å². The molecule has 0 aliphatic heterocycles. The van der Waals surface area contributed by atoms with Gasteiger partial charge in [-0.3, -0.25) is 4.79 Å². The van der Waals surface area contributed by atoms with Crippen LogP contribution in [-0.2, 0) is 46.2 Å². The molecule has 0 heterocycles. The van der Waals surface area contributed by atoms with Crippen molar-refractivity contribution in [2.24, 2.45) is 0 Å². The lowest BCUT2D eigenvalue weighted by molar-refractivity contribution is -0.187. The molecule has 3 aromatic carbocycles. The first-order chi connectivity index (χ1) is 24.3. The van der Waals surface area contributed by atoms with Gasteiger partial charge in [-0.05, 0) is 125 Å². The standard InChI is InChI=1S/C42H59NO8/c1-9-48-37(44)29-50-39(41(46)51-42(4,5)6)38(49-25-15-11-13-16-32-19-18-30(2)31(3)26-32)40(45)43(7)24-14-10-12-17-33-20-21-35-28-36(47-8)23-22-34(35)27-33/h18-23,26-28,38-39H,9-17,24-25,29H2,1-8H3/t38-,39-/m1/s1. The molecule has 0 saturated carbocycles. The normalized spacial score (nSPS) is 12.7. The highest BCUT2D eigenvalue weighted by Crippen LogP contribution is 2.23. The van der Waals surface area contributed by atoms with Gasteiger partial charge in [-0.15, -0.1) is 0 Å².